The third-order valence-electron chi connectivity index (χ3n) is 4.92. The van der Waals surface area contributed by atoms with Crippen molar-refractivity contribution in [2.75, 3.05) is 19.6 Å². The van der Waals surface area contributed by atoms with E-state index in [1.54, 1.807) is 36.6 Å². The van der Waals surface area contributed by atoms with Gasteiger partial charge in [-0.3, -0.25) is 9.59 Å². The Morgan fingerprint density at radius 3 is 2.54 bits per heavy atom. The highest BCUT2D eigenvalue weighted by Gasteiger charge is 2.33. The third-order valence-corrected chi connectivity index (χ3v) is 8.28. The molecule has 1 fully saturated rings. The lowest BCUT2D eigenvalue weighted by Crippen LogP contribution is -2.43. The molecular formula is C20H24N2O4S2. The summed E-state index contributed by atoms with van der Waals surface area (Å²) in [6.07, 6.45) is 1.77. The van der Waals surface area contributed by atoms with E-state index in [2.05, 4.69) is 5.32 Å². The van der Waals surface area contributed by atoms with E-state index >= 15 is 0 Å². The number of aryl methyl sites for hydroxylation is 2. The van der Waals surface area contributed by atoms with Crippen LogP contribution in [0.5, 0.6) is 0 Å². The van der Waals surface area contributed by atoms with E-state index in [-0.39, 0.29) is 11.4 Å². The second kappa shape index (κ2) is 8.45. The molecular weight excluding hydrogens is 396 g/mol. The lowest BCUT2D eigenvalue weighted by atomic mass is 10.2. The van der Waals surface area contributed by atoms with Crippen LogP contribution in [0.3, 0.4) is 0 Å². The number of benzene rings is 1. The molecule has 0 aliphatic carbocycles. The summed E-state index contributed by atoms with van der Waals surface area (Å²) in [7, 11) is -3.75. The molecule has 0 bridgehead atoms. The smallest absolute Gasteiger partial charge is 0.311 e. The average Bonchev–Trinajstić information content (AvgIpc) is 3.36. The Morgan fingerprint density at radius 2 is 1.89 bits per heavy atom. The van der Waals surface area contributed by atoms with E-state index in [4.69, 9.17) is 0 Å². The Balaban J connectivity index is 1.85. The fraction of sp³-hybridized carbons (Fsp3) is 0.400. The summed E-state index contributed by atoms with van der Waals surface area (Å²) in [4.78, 5) is 26.9. The molecule has 1 aliphatic heterocycles. The minimum absolute atomic E-state index is 0.144. The van der Waals surface area contributed by atoms with E-state index in [9.17, 15) is 18.0 Å². The molecule has 1 aliphatic rings. The predicted molar refractivity (Wildman–Crippen MR) is 109 cm³/mol. The van der Waals surface area contributed by atoms with Gasteiger partial charge in [0.15, 0.2) is 9.84 Å². The number of carbonyl (C=O) groups is 2. The lowest BCUT2D eigenvalue weighted by molar-refractivity contribution is -0.145. The predicted octanol–water partition coefficient (Wildman–Crippen LogP) is 2.62. The molecule has 6 nitrogen and oxygen atoms in total. The van der Waals surface area contributed by atoms with Crippen molar-refractivity contribution in [3.05, 3.63) is 51.7 Å². The van der Waals surface area contributed by atoms with E-state index in [0.29, 0.717) is 23.5 Å². The van der Waals surface area contributed by atoms with Crippen LogP contribution >= 0.6 is 11.3 Å². The lowest BCUT2D eigenvalue weighted by Gasteiger charge is -2.20. The van der Waals surface area contributed by atoms with Crippen molar-refractivity contribution in [2.45, 2.75) is 36.8 Å². The fourth-order valence-corrected chi connectivity index (χ4v) is 6.44. The summed E-state index contributed by atoms with van der Waals surface area (Å²) in [6.45, 7) is 4.60. The monoisotopic (exact) mass is 420 g/mol. The quantitative estimate of drug-likeness (QED) is 0.754. The summed E-state index contributed by atoms with van der Waals surface area (Å²) in [5, 5.41) is 3.42. The Hall–Kier alpha value is -2.19. The van der Waals surface area contributed by atoms with Crippen LogP contribution in [0.2, 0.25) is 0 Å². The van der Waals surface area contributed by atoms with Gasteiger partial charge in [0.1, 0.15) is 5.25 Å². The molecule has 3 rings (SSSR count). The summed E-state index contributed by atoms with van der Waals surface area (Å²) < 4.78 is 26.8. The topological polar surface area (TPSA) is 83.5 Å². The van der Waals surface area contributed by atoms with Gasteiger partial charge in [0.25, 0.3) is 0 Å². The number of hydrogen-bond acceptors (Lipinski definition) is 5. The number of carbonyl (C=O) groups excluding carboxylic acids is 2. The van der Waals surface area contributed by atoms with E-state index in [1.165, 1.54) is 16.2 Å². The van der Waals surface area contributed by atoms with Crippen LogP contribution in [0.15, 0.2) is 40.6 Å². The maximum absolute atomic E-state index is 13.4. The summed E-state index contributed by atoms with van der Waals surface area (Å²) >= 11 is 1.32. The van der Waals surface area contributed by atoms with E-state index in [0.717, 1.165) is 18.4 Å². The van der Waals surface area contributed by atoms with Crippen molar-refractivity contribution < 1.29 is 18.0 Å². The summed E-state index contributed by atoms with van der Waals surface area (Å²) in [5.74, 6) is -1.34. The molecule has 0 radical (unpaired) electrons. The molecule has 1 aromatic carbocycles. The molecule has 150 valence electrons. The van der Waals surface area contributed by atoms with Crippen LogP contribution in [0, 0.1) is 13.8 Å². The zero-order chi connectivity index (χ0) is 20.3. The Labute approximate surface area is 169 Å². The number of amides is 2. The minimum atomic E-state index is -3.75. The van der Waals surface area contributed by atoms with Crippen molar-refractivity contribution in [2.24, 2.45) is 0 Å². The van der Waals surface area contributed by atoms with Crippen molar-refractivity contribution in [1.29, 1.82) is 0 Å². The van der Waals surface area contributed by atoms with Crippen molar-refractivity contribution in [3.8, 4) is 0 Å². The van der Waals surface area contributed by atoms with Gasteiger partial charge in [-0.1, -0.05) is 18.2 Å². The van der Waals surface area contributed by atoms with E-state index in [1.807, 2.05) is 13.0 Å². The van der Waals surface area contributed by atoms with Crippen LogP contribution < -0.4 is 5.32 Å². The van der Waals surface area contributed by atoms with Gasteiger partial charge in [0.05, 0.1) is 4.90 Å². The zero-order valence-corrected chi connectivity index (χ0v) is 17.6. The highest BCUT2D eigenvalue weighted by atomic mass is 32.2. The second-order valence-corrected chi connectivity index (χ2v) is 10.1. The SMILES string of the molecule is Cc1ccc(C)c(S(=O)(=O)[C@H](CNC(=O)C(=O)N2CCCC2)c2cccs2)c1. The number of rotatable bonds is 5. The molecule has 2 amide bonds. The first-order valence-electron chi connectivity index (χ1n) is 9.22. The van der Waals surface area contributed by atoms with Crippen LogP contribution in [-0.2, 0) is 19.4 Å². The highest BCUT2D eigenvalue weighted by Crippen LogP contribution is 2.33. The molecule has 1 atom stereocenters. The van der Waals surface area contributed by atoms with Crippen LogP contribution in [0.4, 0.5) is 0 Å². The van der Waals surface area contributed by atoms with Gasteiger partial charge in [0, 0.05) is 24.5 Å². The van der Waals surface area contributed by atoms with Gasteiger partial charge in [-0.15, -0.1) is 11.3 Å². The fourth-order valence-electron chi connectivity index (χ4n) is 3.33. The molecule has 28 heavy (non-hydrogen) atoms. The Morgan fingerprint density at radius 1 is 1.18 bits per heavy atom. The zero-order valence-electron chi connectivity index (χ0n) is 16.0. The third kappa shape index (κ3) is 4.28. The van der Waals surface area contributed by atoms with Gasteiger partial charge in [0.2, 0.25) is 0 Å². The van der Waals surface area contributed by atoms with Gasteiger partial charge in [-0.25, -0.2) is 8.42 Å². The van der Waals surface area contributed by atoms with E-state index < -0.39 is 26.9 Å². The van der Waals surface area contributed by atoms with Crippen LogP contribution in [0.25, 0.3) is 0 Å². The second-order valence-electron chi connectivity index (χ2n) is 7.03. The number of sulfone groups is 1. The molecule has 1 N–H and O–H groups in total. The molecule has 8 heteroatoms. The maximum Gasteiger partial charge on any atom is 0.311 e. The van der Waals surface area contributed by atoms with Gasteiger partial charge >= 0.3 is 11.8 Å². The van der Waals surface area contributed by atoms with Gasteiger partial charge < -0.3 is 10.2 Å². The first-order valence-corrected chi connectivity index (χ1v) is 11.6. The molecule has 2 aromatic rings. The number of nitrogens with zero attached hydrogens (tertiary/aromatic N) is 1. The largest absolute Gasteiger partial charge is 0.346 e. The Bertz CT molecular complexity index is 962. The first-order chi connectivity index (χ1) is 13.3. The van der Waals surface area contributed by atoms with Crippen LogP contribution in [0.1, 0.15) is 34.1 Å². The molecule has 0 unspecified atom stereocenters. The average molecular weight is 421 g/mol. The van der Waals surface area contributed by atoms with Gasteiger partial charge in [-0.05, 0) is 55.3 Å². The molecule has 0 spiro atoms. The molecule has 1 aromatic heterocycles. The summed E-state index contributed by atoms with van der Waals surface area (Å²) in [6, 6.07) is 8.83. The maximum atomic E-state index is 13.4. The van der Waals surface area contributed by atoms with Crippen LogP contribution in [-0.4, -0.2) is 44.8 Å². The highest BCUT2D eigenvalue weighted by molar-refractivity contribution is 7.92. The summed E-state index contributed by atoms with van der Waals surface area (Å²) in [5.41, 5.74) is 1.51. The normalized spacial score (nSPS) is 15.4. The number of nitrogens with one attached hydrogen (secondary N) is 1. The number of thiophene rings is 1. The minimum Gasteiger partial charge on any atom is -0.346 e. The standard InChI is InChI=1S/C20H24N2O4S2/c1-14-7-8-15(2)17(12-14)28(25,26)18(16-6-5-11-27-16)13-21-19(23)20(24)22-9-3-4-10-22/h5-8,11-12,18H,3-4,9-10,13H2,1-2H3,(H,21,23)/t18-/m1/s1. The first kappa shape index (κ1) is 20.5. The Kier molecular flexibility index (Phi) is 6.20. The molecule has 0 saturated carbocycles. The van der Waals surface area contributed by atoms with Crippen molar-refractivity contribution in [3.63, 3.8) is 0 Å². The van der Waals surface area contributed by atoms with Crippen molar-refractivity contribution >= 4 is 33.0 Å². The van der Waals surface area contributed by atoms with Gasteiger partial charge in [-0.2, -0.15) is 0 Å². The number of likely N-dealkylation sites (tertiary alicyclic amines) is 1. The molecule has 1 saturated heterocycles. The molecule has 2 heterocycles. The number of hydrogen-bond donors (Lipinski definition) is 1. The van der Waals surface area contributed by atoms with Crippen molar-refractivity contribution in [1.82, 2.24) is 10.2 Å².